The maximum absolute atomic E-state index is 14.0. The van der Waals surface area contributed by atoms with Crippen molar-refractivity contribution in [3.8, 4) is 17.1 Å². The molecule has 0 amide bonds. The number of nitrogens with zero attached hydrogens (tertiary/aromatic N) is 2. The van der Waals surface area contributed by atoms with Crippen LogP contribution in [0, 0.1) is 15.9 Å². The number of non-ortho nitro benzene ring substituents is 1. The summed E-state index contributed by atoms with van der Waals surface area (Å²) in [5.41, 5.74) is 1.24. The molecule has 0 atom stereocenters. The number of nitrogens with one attached hydrogen (secondary N) is 1. The van der Waals surface area contributed by atoms with Crippen molar-refractivity contribution < 1.29 is 14.1 Å². The molecule has 1 heterocycles. The molecule has 1 N–H and O–H groups in total. The lowest BCUT2D eigenvalue weighted by Crippen LogP contribution is -1.89. The monoisotopic (exact) mass is 287 g/mol. The van der Waals surface area contributed by atoms with Crippen LogP contribution in [0.5, 0.6) is 5.75 Å². The van der Waals surface area contributed by atoms with E-state index in [2.05, 4.69) is 9.97 Å². The number of halogens is 1. The van der Waals surface area contributed by atoms with E-state index in [1.807, 2.05) is 0 Å². The molecule has 21 heavy (non-hydrogen) atoms. The van der Waals surface area contributed by atoms with Crippen LogP contribution in [0.25, 0.3) is 22.4 Å². The molecule has 0 unspecified atom stereocenters. The highest BCUT2D eigenvalue weighted by molar-refractivity contribution is 5.81. The third kappa shape index (κ3) is 2.29. The molecule has 0 saturated carbocycles. The Bertz CT molecular complexity index is 845. The van der Waals surface area contributed by atoms with E-state index in [0.29, 0.717) is 22.6 Å². The molecule has 0 fully saturated rings. The van der Waals surface area contributed by atoms with E-state index < -0.39 is 10.7 Å². The fourth-order valence-corrected chi connectivity index (χ4v) is 2.05. The van der Waals surface area contributed by atoms with Crippen molar-refractivity contribution >= 4 is 16.7 Å². The van der Waals surface area contributed by atoms with Gasteiger partial charge in [-0.05, 0) is 18.2 Å². The van der Waals surface area contributed by atoms with Gasteiger partial charge in [0.25, 0.3) is 5.69 Å². The van der Waals surface area contributed by atoms with E-state index >= 15 is 0 Å². The first-order valence-corrected chi connectivity index (χ1v) is 6.06. The van der Waals surface area contributed by atoms with Gasteiger partial charge in [0.2, 0.25) is 0 Å². The molecule has 0 aliphatic heterocycles. The highest BCUT2D eigenvalue weighted by atomic mass is 19.1. The molecule has 106 valence electrons. The highest BCUT2D eigenvalue weighted by Crippen LogP contribution is 2.27. The maximum Gasteiger partial charge on any atom is 0.271 e. The van der Waals surface area contributed by atoms with Crippen molar-refractivity contribution in [3.05, 3.63) is 52.3 Å². The zero-order chi connectivity index (χ0) is 15.0. The number of ether oxygens (including phenoxy) is 1. The zero-order valence-corrected chi connectivity index (χ0v) is 11.0. The molecule has 0 aliphatic carbocycles. The fourth-order valence-electron chi connectivity index (χ4n) is 2.05. The topological polar surface area (TPSA) is 81.1 Å². The summed E-state index contributed by atoms with van der Waals surface area (Å²) in [6, 6.07) is 8.67. The number of aromatic amines is 1. The molecule has 3 aromatic rings. The predicted molar refractivity (Wildman–Crippen MR) is 74.7 cm³/mol. The minimum atomic E-state index is -0.492. The number of hydrogen-bond acceptors (Lipinski definition) is 4. The number of nitro groups is 1. The molecule has 1 aromatic heterocycles. The van der Waals surface area contributed by atoms with Gasteiger partial charge in [0, 0.05) is 18.2 Å². The third-order valence-corrected chi connectivity index (χ3v) is 3.11. The average molecular weight is 287 g/mol. The molecule has 0 radical (unpaired) electrons. The van der Waals surface area contributed by atoms with Gasteiger partial charge in [-0.1, -0.05) is 0 Å². The highest BCUT2D eigenvalue weighted by Gasteiger charge is 2.13. The lowest BCUT2D eigenvalue weighted by Gasteiger charge is -2.02. The van der Waals surface area contributed by atoms with Gasteiger partial charge in [0.15, 0.2) is 0 Å². The number of imidazole rings is 1. The molecule has 0 saturated heterocycles. The van der Waals surface area contributed by atoms with Crippen LogP contribution in [0.4, 0.5) is 10.1 Å². The van der Waals surface area contributed by atoms with Crippen LogP contribution in [0.3, 0.4) is 0 Å². The van der Waals surface area contributed by atoms with Gasteiger partial charge in [-0.25, -0.2) is 9.37 Å². The normalized spacial score (nSPS) is 10.8. The minimum Gasteiger partial charge on any atom is -0.497 e. The van der Waals surface area contributed by atoms with Gasteiger partial charge in [-0.15, -0.1) is 0 Å². The summed E-state index contributed by atoms with van der Waals surface area (Å²) >= 11 is 0. The fraction of sp³-hybridized carbons (Fsp3) is 0.0714. The van der Waals surface area contributed by atoms with Crippen molar-refractivity contribution in [2.75, 3.05) is 7.11 Å². The predicted octanol–water partition coefficient (Wildman–Crippen LogP) is 3.29. The summed E-state index contributed by atoms with van der Waals surface area (Å²) in [6.45, 7) is 0. The molecule has 0 aliphatic rings. The van der Waals surface area contributed by atoms with Gasteiger partial charge >= 0.3 is 0 Å². The standard InChI is InChI=1S/C14H10FN3O3/c1-21-9-3-4-10(11(15)7-9)14-16-12-5-2-8(18(19)20)6-13(12)17-14/h2-7H,1H3,(H,16,17). The molecule has 6 nitrogen and oxygen atoms in total. The molecule has 3 rings (SSSR count). The van der Waals surface area contributed by atoms with Crippen LogP contribution in [0.1, 0.15) is 0 Å². The molecule has 7 heteroatoms. The first-order valence-electron chi connectivity index (χ1n) is 6.06. The number of nitro benzene ring substituents is 1. The number of fused-ring (bicyclic) bond motifs is 1. The Morgan fingerprint density at radius 2 is 2.10 bits per heavy atom. The van der Waals surface area contributed by atoms with E-state index in [0.717, 1.165) is 0 Å². The van der Waals surface area contributed by atoms with Gasteiger partial charge in [0.1, 0.15) is 17.4 Å². The van der Waals surface area contributed by atoms with Gasteiger partial charge in [0.05, 0.1) is 28.6 Å². The second-order valence-corrected chi connectivity index (χ2v) is 4.39. The zero-order valence-electron chi connectivity index (χ0n) is 11.0. The molecule has 0 bridgehead atoms. The van der Waals surface area contributed by atoms with Crippen LogP contribution in [0.15, 0.2) is 36.4 Å². The summed E-state index contributed by atoms with van der Waals surface area (Å²) < 4.78 is 19.0. The summed E-state index contributed by atoms with van der Waals surface area (Å²) in [5.74, 6) is 0.233. The summed E-state index contributed by atoms with van der Waals surface area (Å²) in [4.78, 5) is 17.4. The van der Waals surface area contributed by atoms with Crippen molar-refractivity contribution in [3.63, 3.8) is 0 Å². The Morgan fingerprint density at radius 1 is 1.29 bits per heavy atom. The van der Waals surface area contributed by atoms with Gasteiger partial charge in [-0.2, -0.15) is 0 Å². The number of rotatable bonds is 3. The van der Waals surface area contributed by atoms with E-state index in [-0.39, 0.29) is 11.3 Å². The first-order chi connectivity index (χ1) is 10.1. The molecular formula is C14H10FN3O3. The van der Waals surface area contributed by atoms with E-state index in [1.54, 1.807) is 12.1 Å². The summed E-state index contributed by atoms with van der Waals surface area (Å²) in [7, 11) is 1.45. The number of benzene rings is 2. The Kier molecular flexibility index (Phi) is 3.02. The first kappa shape index (κ1) is 13.0. The third-order valence-electron chi connectivity index (χ3n) is 3.11. The van der Waals surface area contributed by atoms with Crippen LogP contribution in [-0.4, -0.2) is 22.0 Å². The maximum atomic E-state index is 14.0. The Balaban J connectivity index is 2.10. The molecule has 0 spiro atoms. The van der Waals surface area contributed by atoms with Crippen LogP contribution in [-0.2, 0) is 0 Å². The number of hydrogen-bond donors (Lipinski definition) is 1. The number of aromatic nitrogens is 2. The van der Waals surface area contributed by atoms with Gasteiger partial charge in [-0.3, -0.25) is 10.1 Å². The number of methoxy groups -OCH3 is 1. The second kappa shape index (κ2) is 4.86. The van der Waals surface area contributed by atoms with Crippen molar-refractivity contribution in [2.45, 2.75) is 0 Å². The Hall–Kier alpha value is -2.96. The van der Waals surface area contributed by atoms with E-state index in [9.17, 15) is 14.5 Å². The van der Waals surface area contributed by atoms with Crippen molar-refractivity contribution in [2.24, 2.45) is 0 Å². The van der Waals surface area contributed by atoms with Crippen molar-refractivity contribution in [1.82, 2.24) is 9.97 Å². The van der Waals surface area contributed by atoms with Crippen LogP contribution in [0.2, 0.25) is 0 Å². The van der Waals surface area contributed by atoms with Crippen LogP contribution < -0.4 is 4.74 Å². The smallest absolute Gasteiger partial charge is 0.271 e. The number of H-pyrrole nitrogens is 1. The largest absolute Gasteiger partial charge is 0.497 e. The minimum absolute atomic E-state index is 0.0482. The quantitative estimate of drug-likeness (QED) is 0.592. The Morgan fingerprint density at radius 3 is 2.76 bits per heavy atom. The van der Waals surface area contributed by atoms with E-state index in [4.69, 9.17) is 4.74 Å². The lowest BCUT2D eigenvalue weighted by atomic mass is 10.2. The van der Waals surface area contributed by atoms with Gasteiger partial charge < -0.3 is 9.72 Å². The molecule has 2 aromatic carbocycles. The Labute approximate surface area is 118 Å². The average Bonchev–Trinajstić information content (AvgIpc) is 2.89. The summed E-state index contributed by atoms with van der Waals surface area (Å²) in [6.07, 6.45) is 0. The second-order valence-electron chi connectivity index (χ2n) is 4.39. The molecular weight excluding hydrogens is 277 g/mol. The SMILES string of the molecule is COc1ccc(-c2nc3ccc([N+](=O)[O-])cc3[nH]2)c(F)c1. The van der Waals surface area contributed by atoms with Crippen LogP contribution >= 0.6 is 0 Å². The summed E-state index contributed by atoms with van der Waals surface area (Å²) in [5, 5.41) is 10.7. The van der Waals surface area contributed by atoms with Crippen molar-refractivity contribution in [1.29, 1.82) is 0 Å². The lowest BCUT2D eigenvalue weighted by molar-refractivity contribution is -0.384. The van der Waals surface area contributed by atoms with E-state index in [1.165, 1.54) is 31.4 Å².